The van der Waals surface area contributed by atoms with Crippen molar-refractivity contribution in [2.45, 2.75) is 27.2 Å². The van der Waals surface area contributed by atoms with Crippen LogP contribution in [0.5, 0.6) is 0 Å². The van der Waals surface area contributed by atoms with Gasteiger partial charge in [-0.05, 0) is 20.3 Å². The molecule has 2 nitrogen and oxygen atoms in total. The quantitative estimate of drug-likeness (QED) is 0.557. The number of nitrogens with two attached hydrogens (primary N) is 1. The fourth-order valence-electron chi connectivity index (χ4n) is 0.475. The summed E-state index contributed by atoms with van der Waals surface area (Å²) in [5.74, 6) is -0.311. The molecule has 2 heteroatoms. The molecule has 0 aromatic rings. The molecule has 0 spiro atoms. The molecule has 9 heavy (non-hydrogen) atoms. The first-order chi connectivity index (χ1) is 4.09. The molecule has 0 aromatic carbocycles. The van der Waals surface area contributed by atoms with E-state index in [-0.39, 0.29) is 5.91 Å². The zero-order chi connectivity index (χ0) is 7.44. The SMILES string of the molecule is CCC(C)=C(C)C(N)=O. The molecule has 0 aliphatic heterocycles. The molecule has 0 rings (SSSR count). The van der Waals surface area contributed by atoms with Gasteiger partial charge in [0.2, 0.25) is 5.91 Å². The smallest absolute Gasteiger partial charge is 0.244 e. The average molecular weight is 127 g/mol. The van der Waals surface area contributed by atoms with Crippen LogP contribution in [0.25, 0.3) is 0 Å². The third-order valence-electron chi connectivity index (χ3n) is 1.54. The lowest BCUT2D eigenvalue weighted by Crippen LogP contribution is -2.12. The van der Waals surface area contributed by atoms with Crippen molar-refractivity contribution in [3.8, 4) is 0 Å². The fourth-order valence-corrected chi connectivity index (χ4v) is 0.475. The van der Waals surface area contributed by atoms with Gasteiger partial charge in [-0.3, -0.25) is 4.79 Å². The molecule has 52 valence electrons. The van der Waals surface area contributed by atoms with E-state index in [1.807, 2.05) is 13.8 Å². The molecule has 0 bridgehead atoms. The molecule has 0 aliphatic carbocycles. The Hall–Kier alpha value is -0.790. The predicted molar refractivity (Wildman–Crippen MR) is 37.9 cm³/mol. The lowest BCUT2D eigenvalue weighted by Gasteiger charge is -1.98. The van der Waals surface area contributed by atoms with Crippen LogP contribution in [0, 0.1) is 0 Å². The topological polar surface area (TPSA) is 43.1 Å². The third-order valence-corrected chi connectivity index (χ3v) is 1.54. The van der Waals surface area contributed by atoms with Crippen LogP contribution in [0.1, 0.15) is 27.2 Å². The molecule has 0 aromatic heterocycles. The Morgan fingerprint density at radius 1 is 1.44 bits per heavy atom. The van der Waals surface area contributed by atoms with Crippen molar-refractivity contribution in [3.05, 3.63) is 11.1 Å². The maximum Gasteiger partial charge on any atom is 0.244 e. The summed E-state index contributed by atoms with van der Waals surface area (Å²) >= 11 is 0. The van der Waals surface area contributed by atoms with E-state index >= 15 is 0 Å². The summed E-state index contributed by atoms with van der Waals surface area (Å²) in [5.41, 5.74) is 6.78. The van der Waals surface area contributed by atoms with Crippen molar-refractivity contribution in [1.29, 1.82) is 0 Å². The maximum atomic E-state index is 10.5. The van der Waals surface area contributed by atoms with Gasteiger partial charge in [0, 0.05) is 5.57 Å². The monoisotopic (exact) mass is 127 g/mol. The number of carbonyl (C=O) groups is 1. The second-order valence-electron chi connectivity index (χ2n) is 2.12. The zero-order valence-electron chi connectivity index (χ0n) is 6.19. The van der Waals surface area contributed by atoms with Crippen molar-refractivity contribution in [3.63, 3.8) is 0 Å². The van der Waals surface area contributed by atoms with Crippen LogP contribution in [0.15, 0.2) is 11.1 Å². The van der Waals surface area contributed by atoms with Crippen molar-refractivity contribution in [2.24, 2.45) is 5.73 Å². The average Bonchev–Trinajstić information content (AvgIpc) is 1.84. The first-order valence-electron chi connectivity index (χ1n) is 3.05. The summed E-state index contributed by atoms with van der Waals surface area (Å²) in [6, 6.07) is 0. The number of hydrogen-bond acceptors (Lipinski definition) is 1. The molecule has 0 unspecified atom stereocenters. The van der Waals surface area contributed by atoms with Crippen LogP contribution in [-0.4, -0.2) is 5.91 Å². The summed E-state index contributed by atoms with van der Waals surface area (Å²) in [6.45, 7) is 5.67. The predicted octanol–water partition coefficient (Wildman–Crippen LogP) is 1.22. The van der Waals surface area contributed by atoms with Crippen LogP contribution in [0.3, 0.4) is 0 Å². The molecular weight excluding hydrogens is 114 g/mol. The van der Waals surface area contributed by atoms with Crippen molar-refractivity contribution in [2.75, 3.05) is 0 Å². The molecule has 1 amide bonds. The molecule has 0 heterocycles. The van der Waals surface area contributed by atoms with Gasteiger partial charge in [-0.2, -0.15) is 0 Å². The Balaban J connectivity index is 4.28. The van der Waals surface area contributed by atoms with Gasteiger partial charge in [-0.25, -0.2) is 0 Å². The van der Waals surface area contributed by atoms with Gasteiger partial charge in [-0.1, -0.05) is 12.5 Å². The van der Waals surface area contributed by atoms with E-state index in [0.29, 0.717) is 5.57 Å². The van der Waals surface area contributed by atoms with Gasteiger partial charge in [0.1, 0.15) is 0 Å². The largest absolute Gasteiger partial charge is 0.366 e. The van der Waals surface area contributed by atoms with E-state index in [9.17, 15) is 4.79 Å². The van der Waals surface area contributed by atoms with Crippen LogP contribution in [0.2, 0.25) is 0 Å². The highest BCUT2D eigenvalue weighted by Crippen LogP contribution is 2.05. The molecular formula is C7H13NO. The molecule has 0 radical (unpaired) electrons. The van der Waals surface area contributed by atoms with Crippen molar-refractivity contribution < 1.29 is 4.79 Å². The summed E-state index contributed by atoms with van der Waals surface area (Å²) in [5, 5.41) is 0. The number of primary amides is 1. The van der Waals surface area contributed by atoms with Crippen LogP contribution in [0.4, 0.5) is 0 Å². The van der Waals surface area contributed by atoms with Gasteiger partial charge in [0.15, 0.2) is 0 Å². The first kappa shape index (κ1) is 8.21. The lowest BCUT2D eigenvalue weighted by atomic mass is 10.1. The first-order valence-corrected chi connectivity index (χ1v) is 3.05. The Bertz CT molecular complexity index is 147. The molecule has 0 aliphatic rings. The minimum absolute atomic E-state index is 0.311. The van der Waals surface area contributed by atoms with E-state index < -0.39 is 0 Å². The highest BCUT2D eigenvalue weighted by atomic mass is 16.1. The van der Waals surface area contributed by atoms with Crippen LogP contribution >= 0.6 is 0 Å². The number of rotatable bonds is 2. The normalized spacial score (nSPS) is 12.8. The van der Waals surface area contributed by atoms with E-state index in [2.05, 4.69) is 0 Å². The Morgan fingerprint density at radius 2 is 1.89 bits per heavy atom. The van der Waals surface area contributed by atoms with E-state index in [1.54, 1.807) is 6.92 Å². The molecule has 0 fully saturated rings. The van der Waals surface area contributed by atoms with Crippen LogP contribution in [-0.2, 0) is 4.79 Å². The minimum Gasteiger partial charge on any atom is -0.366 e. The number of amides is 1. The van der Waals surface area contributed by atoms with Crippen LogP contribution < -0.4 is 5.73 Å². The van der Waals surface area contributed by atoms with Gasteiger partial charge < -0.3 is 5.73 Å². The standard InChI is InChI=1S/C7H13NO/c1-4-5(2)6(3)7(8)9/h4H2,1-3H3,(H2,8,9). The molecule has 2 N–H and O–H groups in total. The Kier molecular flexibility index (Phi) is 2.99. The summed E-state index contributed by atoms with van der Waals surface area (Å²) in [6.07, 6.45) is 0.898. The third kappa shape index (κ3) is 2.31. The van der Waals surface area contributed by atoms with E-state index in [4.69, 9.17) is 5.73 Å². The lowest BCUT2D eigenvalue weighted by molar-refractivity contribution is -0.114. The summed E-state index contributed by atoms with van der Waals surface area (Å²) in [7, 11) is 0. The Labute approximate surface area is 55.7 Å². The number of carbonyl (C=O) groups excluding carboxylic acids is 1. The number of hydrogen-bond donors (Lipinski definition) is 1. The molecule has 0 atom stereocenters. The highest BCUT2D eigenvalue weighted by molar-refractivity contribution is 5.91. The van der Waals surface area contributed by atoms with Gasteiger partial charge in [0.05, 0.1) is 0 Å². The van der Waals surface area contributed by atoms with Gasteiger partial charge in [0.25, 0.3) is 0 Å². The van der Waals surface area contributed by atoms with E-state index in [0.717, 1.165) is 12.0 Å². The Morgan fingerprint density at radius 3 is 2.00 bits per heavy atom. The summed E-state index contributed by atoms with van der Waals surface area (Å²) in [4.78, 5) is 10.5. The maximum absolute atomic E-state index is 10.5. The number of allylic oxidation sites excluding steroid dienone is 1. The second kappa shape index (κ2) is 3.28. The summed E-state index contributed by atoms with van der Waals surface area (Å²) < 4.78 is 0. The van der Waals surface area contributed by atoms with E-state index in [1.165, 1.54) is 0 Å². The second-order valence-corrected chi connectivity index (χ2v) is 2.12. The van der Waals surface area contributed by atoms with Crippen molar-refractivity contribution in [1.82, 2.24) is 0 Å². The molecule has 0 saturated carbocycles. The zero-order valence-corrected chi connectivity index (χ0v) is 6.19. The molecule has 0 saturated heterocycles. The van der Waals surface area contributed by atoms with Gasteiger partial charge in [-0.15, -0.1) is 0 Å². The van der Waals surface area contributed by atoms with Crippen molar-refractivity contribution >= 4 is 5.91 Å². The highest BCUT2D eigenvalue weighted by Gasteiger charge is 1.99. The fraction of sp³-hybridized carbons (Fsp3) is 0.571. The van der Waals surface area contributed by atoms with Gasteiger partial charge >= 0.3 is 0 Å². The minimum atomic E-state index is -0.311.